The number of ether oxygens (including phenoxy) is 1. The van der Waals surface area contributed by atoms with Crippen LogP contribution >= 0.6 is 0 Å². The van der Waals surface area contributed by atoms with E-state index in [1.165, 1.54) is 7.11 Å². The van der Waals surface area contributed by atoms with Gasteiger partial charge in [0, 0.05) is 11.1 Å². The van der Waals surface area contributed by atoms with Crippen molar-refractivity contribution >= 4 is 18.2 Å². The number of carbonyl (C=O) groups is 3. The first-order chi connectivity index (χ1) is 8.65. The van der Waals surface area contributed by atoms with Gasteiger partial charge in [0.15, 0.2) is 0 Å². The van der Waals surface area contributed by atoms with Crippen molar-refractivity contribution in [3.05, 3.63) is 29.3 Å². The van der Waals surface area contributed by atoms with Gasteiger partial charge in [0.2, 0.25) is 5.91 Å². The quantitative estimate of drug-likeness (QED) is 0.624. The van der Waals surface area contributed by atoms with Crippen molar-refractivity contribution in [3.8, 4) is 5.75 Å². The van der Waals surface area contributed by atoms with Crippen molar-refractivity contribution < 1.29 is 19.1 Å². The number of aldehydes is 1. The summed E-state index contributed by atoms with van der Waals surface area (Å²) < 4.78 is 5.14. The monoisotopic (exact) mass is 248 g/mol. The van der Waals surface area contributed by atoms with Gasteiger partial charge in [-0.3, -0.25) is 14.5 Å². The number of carbonyl (C=O) groups excluding carboxylic acids is 3. The maximum atomic E-state index is 11.5. The van der Waals surface area contributed by atoms with Crippen molar-refractivity contribution in [1.29, 1.82) is 0 Å². The lowest BCUT2D eigenvalue weighted by molar-refractivity contribution is -0.125. The third-order valence-electron chi connectivity index (χ3n) is 2.71. The zero-order chi connectivity index (χ0) is 13.1. The van der Waals surface area contributed by atoms with E-state index in [2.05, 4.69) is 5.32 Å². The summed E-state index contributed by atoms with van der Waals surface area (Å²) in [7, 11) is 1.49. The van der Waals surface area contributed by atoms with Crippen molar-refractivity contribution in [2.75, 3.05) is 13.7 Å². The molecular formula is C12H12N2O4. The van der Waals surface area contributed by atoms with Crippen LogP contribution in [0.1, 0.15) is 15.9 Å². The van der Waals surface area contributed by atoms with Crippen LogP contribution in [0.15, 0.2) is 18.2 Å². The molecule has 0 unspecified atom stereocenters. The van der Waals surface area contributed by atoms with Gasteiger partial charge in [-0.05, 0) is 18.2 Å². The summed E-state index contributed by atoms with van der Waals surface area (Å²) in [4.78, 5) is 34.7. The van der Waals surface area contributed by atoms with Crippen molar-refractivity contribution in [1.82, 2.24) is 10.2 Å². The number of hydrogen-bond acceptors (Lipinski definition) is 4. The van der Waals surface area contributed by atoms with Crippen LogP contribution in [0.3, 0.4) is 0 Å². The largest absolute Gasteiger partial charge is 0.496 e. The first kappa shape index (κ1) is 12.1. The Hall–Kier alpha value is -2.37. The number of imide groups is 1. The van der Waals surface area contributed by atoms with Crippen LogP contribution in [-0.2, 0) is 11.3 Å². The standard InChI is InChI=1S/C12H12N2O4/c1-18-10-3-2-8(7-15)4-9(10)6-14-11(16)5-13-12(14)17/h2-4,7H,5-6H2,1H3,(H,13,17). The number of amides is 3. The first-order valence-electron chi connectivity index (χ1n) is 5.36. The lowest BCUT2D eigenvalue weighted by Crippen LogP contribution is -2.30. The lowest BCUT2D eigenvalue weighted by Gasteiger charge is -2.15. The van der Waals surface area contributed by atoms with Gasteiger partial charge < -0.3 is 10.1 Å². The molecule has 0 saturated carbocycles. The molecule has 1 N–H and O–H groups in total. The molecule has 0 spiro atoms. The highest BCUT2D eigenvalue weighted by molar-refractivity contribution is 6.01. The SMILES string of the molecule is COc1ccc(C=O)cc1CN1C(=O)CNC1=O. The molecule has 1 aliphatic rings. The number of methoxy groups -OCH3 is 1. The van der Waals surface area contributed by atoms with E-state index in [0.717, 1.165) is 4.90 Å². The predicted molar refractivity (Wildman–Crippen MR) is 62.3 cm³/mol. The van der Waals surface area contributed by atoms with E-state index in [4.69, 9.17) is 4.74 Å². The van der Waals surface area contributed by atoms with E-state index in [9.17, 15) is 14.4 Å². The zero-order valence-electron chi connectivity index (χ0n) is 9.80. The summed E-state index contributed by atoms with van der Waals surface area (Å²) in [5.74, 6) is 0.242. The molecular weight excluding hydrogens is 236 g/mol. The van der Waals surface area contributed by atoms with Crippen LogP contribution in [0.5, 0.6) is 5.75 Å². The number of benzene rings is 1. The maximum absolute atomic E-state index is 11.5. The molecule has 1 aliphatic heterocycles. The van der Waals surface area contributed by atoms with E-state index in [0.29, 0.717) is 23.2 Å². The number of nitrogens with zero attached hydrogens (tertiary/aromatic N) is 1. The summed E-state index contributed by atoms with van der Waals surface area (Å²) >= 11 is 0. The minimum atomic E-state index is -0.432. The Morgan fingerprint density at radius 2 is 2.22 bits per heavy atom. The Morgan fingerprint density at radius 3 is 2.78 bits per heavy atom. The molecule has 2 rings (SSSR count). The van der Waals surface area contributed by atoms with Crippen LogP contribution in [-0.4, -0.2) is 36.8 Å². The maximum Gasteiger partial charge on any atom is 0.324 e. The van der Waals surface area contributed by atoms with Crippen LogP contribution in [0.4, 0.5) is 4.79 Å². The minimum Gasteiger partial charge on any atom is -0.496 e. The van der Waals surface area contributed by atoms with E-state index in [1.54, 1.807) is 18.2 Å². The van der Waals surface area contributed by atoms with Crippen molar-refractivity contribution in [2.24, 2.45) is 0 Å². The van der Waals surface area contributed by atoms with E-state index >= 15 is 0 Å². The molecule has 1 saturated heterocycles. The minimum absolute atomic E-state index is 0.00845. The third-order valence-corrected chi connectivity index (χ3v) is 2.71. The second-order valence-electron chi connectivity index (χ2n) is 3.83. The van der Waals surface area contributed by atoms with Crippen LogP contribution in [0.25, 0.3) is 0 Å². The second kappa shape index (κ2) is 4.87. The Kier molecular flexibility index (Phi) is 3.27. The van der Waals surface area contributed by atoms with Gasteiger partial charge in [-0.1, -0.05) is 0 Å². The van der Waals surface area contributed by atoms with Gasteiger partial charge in [0.25, 0.3) is 0 Å². The molecule has 1 heterocycles. The highest BCUT2D eigenvalue weighted by Crippen LogP contribution is 2.22. The Balaban J connectivity index is 2.29. The average Bonchev–Trinajstić information content (AvgIpc) is 2.70. The summed E-state index contributed by atoms with van der Waals surface area (Å²) in [6, 6.07) is 4.42. The fraction of sp³-hybridized carbons (Fsp3) is 0.250. The Bertz CT molecular complexity index is 497. The molecule has 6 nitrogen and oxygen atoms in total. The topological polar surface area (TPSA) is 75.7 Å². The van der Waals surface area contributed by atoms with Crippen LogP contribution in [0.2, 0.25) is 0 Å². The molecule has 18 heavy (non-hydrogen) atoms. The molecule has 0 aliphatic carbocycles. The second-order valence-corrected chi connectivity index (χ2v) is 3.83. The molecule has 0 aromatic heterocycles. The smallest absolute Gasteiger partial charge is 0.324 e. The molecule has 1 aromatic rings. The summed E-state index contributed by atoms with van der Waals surface area (Å²) in [6.45, 7) is 0.101. The predicted octanol–water partition coefficient (Wildman–Crippen LogP) is 0.560. The first-order valence-corrected chi connectivity index (χ1v) is 5.36. The van der Waals surface area contributed by atoms with Gasteiger partial charge in [-0.25, -0.2) is 4.79 Å². The lowest BCUT2D eigenvalue weighted by atomic mass is 10.1. The third kappa shape index (κ3) is 2.17. The fourth-order valence-electron chi connectivity index (χ4n) is 1.78. The van der Waals surface area contributed by atoms with Gasteiger partial charge in [0.05, 0.1) is 20.2 Å². The van der Waals surface area contributed by atoms with Crippen molar-refractivity contribution in [3.63, 3.8) is 0 Å². The average molecular weight is 248 g/mol. The normalized spacial score (nSPS) is 14.6. The highest BCUT2D eigenvalue weighted by atomic mass is 16.5. The van der Waals surface area contributed by atoms with Crippen LogP contribution < -0.4 is 10.1 Å². The van der Waals surface area contributed by atoms with Gasteiger partial charge in [-0.2, -0.15) is 0 Å². The van der Waals surface area contributed by atoms with Crippen molar-refractivity contribution in [2.45, 2.75) is 6.54 Å². The van der Waals surface area contributed by atoms with E-state index in [-0.39, 0.29) is 19.0 Å². The number of rotatable bonds is 4. The van der Waals surface area contributed by atoms with Gasteiger partial charge in [-0.15, -0.1) is 0 Å². The number of hydrogen-bond donors (Lipinski definition) is 1. The number of nitrogens with one attached hydrogen (secondary N) is 1. The summed E-state index contributed by atoms with van der Waals surface area (Å²) in [5, 5.41) is 2.43. The molecule has 94 valence electrons. The van der Waals surface area contributed by atoms with Crippen LogP contribution in [0, 0.1) is 0 Å². The van der Waals surface area contributed by atoms with E-state index in [1.807, 2.05) is 0 Å². The Morgan fingerprint density at radius 1 is 1.44 bits per heavy atom. The molecule has 6 heteroatoms. The van der Waals surface area contributed by atoms with Gasteiger partial charge in [0.1, 0.15) is 12.0 Å². The fourth-order valence-corrected chi connectivity index (χ4v) is 1.78. The molecule has 1 fully saturated rings. The molecule has 0 radical (unpaired) electrons. The summed E-state index contributed by atoms with van der Waals surface area (Å²) in [5.41, 5.74) is 1.09. The Labute approximate surface area is 104 Å². The molecule has 1 aromatic carbocycles. The van der Waals surface area contributed by atoms with Gasteiger partial charge >= 0.3 is 6.03 Å². The molecule has 3 amide bonds. The zero-order valence-corrected chi connectivity index (χ0v) is 9.80. The number of urea groups is 1. The highest BCUT2D eigenvalue weighted by Gasteiger charge is 2.29. The molecule has 0 atom stereocenters. The summed E-state index contributed by atoms with van der Waals surface area (Å²) in [6.07, 6.45) is 0.703. The molecule has 0 bridgehead atoms. The van der Waals surface area contributed by atoms with E-state index < -0.39 is 6.03 Å².